The lowest BCUT2D eigenvalue weighted by Crippen LogP contribution is -2.11. The van der Waals surface area contributed by atoms with Gasteiger partial charge in [0.15, 0.2) is 0 Å². The molecule has 8 nitrogen and oxygen atoms in total. The summed E-state index contributed by atoms with van der Waals surface area (Å²) in [5.41, 5.74) is 2.49. The fraction of sp³-hybridized carbons (Fsp3) is 0.0455. The van der Waals surface area contributed by atoms with Gasteiger partial charge in [0.1, 0.15) is 5.75 Å². The number of benzene rings is 3. The van der Waals surface area contributed by atoms with Crippen molar-refractivity contribution < 1.29 is 18.1 Å². The average Bonchev–Trinajstić information content (AvgIpc) is 2.76. The standard InChI is InChI=1S/C22H19N3O5S/c1-30-20-10-6-17(7-11-20)22(14-5-16-3-2-4-19(15-16)25(26)27)24-18-8-12-21(13-9-18)31(23,28)29/h2-15H,1H3,(H2,23,28,29)/b14-5+,24-22?. The third-order valence-electron chi connectivity index (χ3n) is 4.32. The molecule has 3 aromatic rings. The second-order valence-corrected chi connectivity index (χ2v) is 8.01. The first-order chi connectivity index (χ1) is 14.8. The maximum Gasteiger partial charge on any atom is 0.270 e. The summed E-state index contributed by atoms with van der Waals surface area (Å²) in [5.74, 6) is 0.684. The number of nitrogens with two attached hydrogens (primary N) is 1. The second-order valence-electron chi connectivity index (χ2n) is 6.45. The van der Waals surface area contributed by atoms with Crippen molar-refractivity contribution in [2.45, 2.75) is 4.90 Å². The van der Waals surface area contributed by atoms with Crippen LogP contribution in [0.5, 0.6) is 5.75 Å². The molecule has 0 bridgehead atoms. The second kappa shape index (κ2) is 9.33. The Labute approximate surface area is 179 Å². The number of hydrogen-bond acceptors (Lipinski definition) is 6. The molecule has 0 aromatic heterocycles. The zero-order valence-electron chi connectivity index (χ0n) is 16.5. The van der Waals surface area contributed by atoms with Crippen LogP contribution in [0.15, 0.2) is 88.8 Å². The maximum atomic E-state index is 11.5. The Balaban J connectivity index is 2.01. The summed E-state index contributed by atoms with van der Waals surface area (Å²) in [6.07, 6.45) is 3.45. The van der Waals surface area contributed by atoms with Crippen molar-refractivity contribution in [1.29, 1.82) is 0 Å². The van der Waals surface area contributed by atoms with Gasteiger partial charge >= 0.3 is 0 Å². The molecule has 0 spiro atoms. The summed E-state index contributed by atoms with van der Waals surface area (Å²) < 4.78 is 28.1. The van der Waals surface area contributed by atoms with E-state index in [0.29, 0.717) is 22.7 Å². The molecule has 0 aliphatic heterocycles. The highest BCUT2D eigenvalue weighted by molar-refractivity contribution is 7.89. The Morgan fingerprint density at radius 3 is 2.32 bits per heavy atom. The smallest absolute Gasteiger partial charge is 0.270 e. The number of allylic oxidation sites excluding steroid dienone is 1. The number of non-ortho nitro benzene ring substituents is 1. The van der Waals surface area contributed by atoms with E-state index in [1.807, 2.05) is 12.1 Å². The number of nitro groups is 1. The molecule has 0 heterocycles. The summed E-state index contributed by atoms with van der Waals surface area (Å²) in [6, 6.07) is 19.3. The van der Waals surface area contributed by atoms with Gasteiger partial charge in [-0.25, -0.2) is 18.5 Å². The van der Waals surface area contributed by atoms with E-state index in [-0.39, 0.29) is 10.6 Å². The van der Waals surface area contributed by atoms with Crippen molar-refractivity contribution in [1.82, 2.24) is 0 Å². The van der Waals surface area contributed by atoms with Gasteiger partial charge in [0, 0.05) is 17.7 Å². The van der Waals surface area contributed by atoms with Gasteiger partial charge in [0.25, 0.3) is 5.69 Å². The molecule has 3 aromatic carbocycles. The van der Waals surface area contributed by atoms with E-state index < -0.39 is 14.9 Å². The topological polar surface area (TPSA) is 125 Å². The number of hydrogen-bond donors (Lipinski definition) is 1. The van der Waals surface area contributed by atoms with Crippen molar-refractivity contribution in [3.63, 3.8) is 0 Å². The molecule has 0 fully saturated rings. The van der Waals surface area contributed by atoms with Crippen LogP contribution in [0.3, 0.4) is 0 Å². The Kier molecular flexibility index (Phi) is 6.58. The number of ether oxygens (including phenoxy) is 1. The fourth-order valence-corrected chi connectivity index (χ4v) is 3.24. The molecule has 0 radical (unpaired) electrons. The van der Waals surface area contributed by atoms with Gasteiger partial charge in [0.2, 0.25) is 10.0 Å². The number of methoxy groups -OCH3 is 1. The molecule has 0 saturated heterocycles. The predicted octanol–water partition coefficient (Wildman–Crippen LogP) is 4.09. The van der Waals surface area contributed by atoms with Gasteiger partial charge in [0.05, 0.1) is 28.3 Å². The molecule has 0 atom stereocenters. The Hall–Kier alpha value is -3.82. The quantitative estimate of drug-likeness (QED) is 0.339. The molecule has 0 unspecified atom stereocenters. The minimum atomic E-state index is -3.80. The number of nitrogens with zero attached hydrogens (tertiary/aromatic N) is 2. The van der Waals surface area contributed by atoms with E-state index in [2.05, 4.69) is 4.99 Å². The number of aliphatic imine (C=N–C) groups is 1. The molecule has 0 aliphatic rings. The number of primary sulfonamides is 1. The van der Waals surface area contributed by atoms with Crippen LogP contribution in [-0.4, -0.2) is 26.2 Å². The first-order valence-corrected chi connectivity index (χ1v) is 10.6. The molecule has 0 saturated carbocycles. The van der Waals surface area contributed by atoms with Gasteiger partial charge in [-0.3, -0.25) is 10.1 Å². The van der Waals surface area contributed by atoms with Gasteiger partial charge in [-0.15, -0.1) is 0 Å². The van der Waals surface area contributed by atoms with Crippen LogP contribution in [-0.2, 0) is 10.0 Å². The number of sulfonamides is 1. The van der Waals surface area contributed by atoms with Crippen molar-refractivity contribution in [3.05, 3.63) is 100 Å². The van der Waals surface area contributed by atoms with Crippen molar-refractivity contribution in [3.8, 4) is 5.75 Å². The first kappa shape index (κ1) is 21.9. The summed E-state index contributed by atoms with van der Waals surface area (Å²) in [7, 11) is -2.23. The summed E-state index contributed by atoms with van der Waals surface area (Å²) in [6.45, 7) is 0. The van der Waals surface area contributed by atoms with Gasteiger partial charge < -0.3 is 4.74 Å². The van der Waals surface area contributed by atoms with Crippen LogP contribution in [0, 0.1) is 10.1 Å². The Bertz CT molecular complexity index is 1250. The average molecular weight is 437 g/mol. The lowest BCUT2D eigenvalue weighted by Gasteiger charge is -2.06. The lowest BCUT2D eigenvalue weighted by atomic mass is 10.1. The van der Waals surface area contributed by atoms with E-state index in [1.165, 1.54) is 24.3 Å². The normalized spacial score (nSPS) is 12.1. The molecular formula is C22H19N3O5S. The van der Waals surface area contributed by atoms with E-state index in [0.717, 1.165) is 5.56 Å². The Morgan fingerprint density at radius 1 is 1.06 bits per heavy atom. The monoisotopic (exact) mass is 437 g/mol. The highest BCUT2D eigenvalue weighted by Gasteiger charge is 2.08. The molecular weight excluding hydrogens is 418 g/mol. The zero-order valence-corrected chi connectivity index (χ0v) is 17.3. The van der Waals surface area contributed by atoms with Crippen LogP contribution in [0.1, 0.15) is 11.1 Å². The van der Waals surface area contributed by atoms with Crippen LogP contribution in [0.25, 0.3) is 6.08 Å². The van der Waals surface area contributed by atoms with Crippen molar-refractivity contribution >= 4 is 33.2 Å². The highest BCUT2D eigenvalue weighted by atomic mass is 32.2. The van der Waals surface area contributed by atoms with Crippen LogP contribution in [0.4, 0.5) is 11.4 Å². The number of rotatable bonds is 7. The highest BCUT2D eigenvalue weighted by Crippen LogP contribution is 2.20. The van der Waals surface area contributed by atoms with Crippen molar-refractivity contribution in [2.75, 3.05) is 7.11 Å². The minimum Gasteiger partial charge on any atom is -0.497 e. The summed E-state index contributed by atoms with van der Waals surface area (Å²) in [5, 5.41) is 16.1. The lowest BCUT2D eigenvalue weighted by molar-refractivity contribution is -0.384. The van der Waals surface area contributed by atoms with Crippen molar-refractivity contribution in [2.24, 2.45) is 10.1 Å². The van der Waals surface area contributed by atoms with Crippen LogP contribution < -0.4 is 9.88 Å². The van der Waals surface area contributed by atoms with Crippen LogP contribution >= 0.6 is 0 Å². The Morgan fingerprint density at radius 2 is 1.74 bits per heavy atom. The van der Waals surface area contributed by atoms with E-state index >= 15 is 0 Å². The fourth-order valence-electron chi connectivity index (χ4n) is 2.73. The molecule has 0 aliphatic carbocycles. The summed E-state index contributed by atoms with van der Waals surface area (Å²) in [4.78, 5) is 15.1. The third-order valence-corrected chi connectivity index (χ3v) is 5.24. The van der Waals surface area contributed by atoms with E-state index in [1.54, 1.807) is 55.7 Å². The SMILES string of the molecule is COc1ccc(C(/C=C/c2cccc([N+](=O)[O-])c2)=Nc2ccc(S(N)(=O)=O)cc2)cc1. The molecule has 2 N–H and O–H groups in total. The largest absolute Gasteiger partial charge is 0.497 e. The zero-order chi connectivity index (χ0) is 22.4. The summed E-state index contributed by atoms with van der Waals surface area (Å²) >= 11 is 0. The number of nitro benzene ring substituents is 1. The maximum absolute atomic E-state index is 11.5. The molecule has 31 heavy (non-hydrogen) atoms. The van der Waals surface area contributed by atoms with Gasteiger partial charge in [-0.2, -0.15) is 0 Å². The minimum absolute atomic E-state index is 0.00964. The van der Waals surface area contributed by atoms with Gasteiger partial charge in [-0.1, -0.05) is 18.2 Å². The molecule has 3 rings (SSSR count). The van der Waals surface area contributed by atoms with E-state index in [9.17, 15) is 18.5 Å². The first-order valence-electron chi connectivity index (χ1n) is 9.05. The molecule has 9 heteroatoms. The van der Waals surface area contributed by atoms with Gasteiger partial charge in [-0.05, 0) is 60.2 Å². The predicted molar refractivity (Wildman–Crippen MR) is 119 cm³/mol. The molecule has 0 amide bonds. The van der Waals surface area contributed by atoms with E-state index in [4.69, 9.17) is 9.88 Å². The molecule has 158 valence electrons. The van der Waals surface area contributed by atoms with Crippen LogP contribution in [0.2, 0.25) is 0 Å². The third kappa shape index (κ3) is 5.84.